The van der Waals surface area contributed by atoms with E-state index in [1.165, 1.54) is 0 Å². The number of thiazole rings is 1. The minimum Gasteiger partial charge on any atom is -0.310 e. The number of amides is 1. The van der Waals surface area contributed by atoms with Gasteiger partial charge >= 0.3 is 0 Å². The van der Waals surface area contributed by atoms with Crippen LogP contribution in [0.15, 0.2) is 48.5 Å². The molecule has 28 heavy (non-hydrogen) atoms. The first kappa shape index (κ1) is 16.7. The average Bonchev–Trinajstić information content (AvgIpc) is 3.28. The van der Waals surface area contributed by atoms with E-state index in [1.54, 1.807) is 28.2 Å². The highest BCUT2D eigenvalue weighted by molar-refractivity contribution is 7.20. The van der Waals surface area contributed by atoms with E-state index in [0.717, 1.165) is 32.2 Å². The van der Waals surface area contributed by atoms with Gasteiger partial charge in [-0.15, -0.1) is 0 Å². The zero-order chi connectivity index (χ0) is 19.3. The lowest BCUT2D eigenvalue weighted by Gasteiger charge is -2.24. The van der Waals surface area contributed by atoms with E-state index >= 15 is 0 Å². The molecule has 136 valence electrons. The van der Waals surface area contributed by atoms with Crippen LogP contribution in [0, 0.1) is 18.3 Å². The molecule has 2 aromatic heterocycles. The second-order valence-corrected chi connectivity index (χ2v) is 7.77. The van der Waals surface area contributed by atoms with Crippen molar-refractivity contribution >= 4 is 33.3 Å². The predicted octanol–water partition coefficient (Wildman–Crippen LogP) is 4.14. The summed E-state index contributed by atoms with van der Waals surface area (Å²) in [5.74, 6) is 0.533. The van der Waals surface area contributed by atoms with Crippen LogP contribution in [0.3, 0.4) is 0 Å². The Hall–Kier alpha value is -3.50. The molecule has 0 radical (unpaired) electrons. The van der Waals surface area contributed by atoms with Crippen molar-refractivity contribution in [1.82, 2.24) is 14.8 Å². The van der Waals surface area contributed by atoms with Crippen LogP contribution in [0.2, 0.25) is 0 Å². The molecule has 1 atom stereocenters. The standard InChI is InChI=1S/C21H15N5OS/c1-12-19-15(14-8-6-13(11-22)7-9-14)10-18(27)24-20(19)26(25-12)21-23-16-4-2-3-5-17(16)28-21/h2-9,15H,10H2,1H3,(H,24,27)/t15-/m1/s1. The zero-order valence-electron chi connectivity index (χ0n) is 15.0. The van der Waals surface area contributed by atoms with E-state index in [9.17, 15) is 4.79 Å². The first-order valence-electron chi connectivity index (χ1n) is 8.89. The quantitative estimate of drug-likeness (QED) is 0.562. The summed E-state index contributed by atoms with van der Waals surface area (Å²) < 4.78 is 2.81. The van der Waals surface area contributed by atoms with Gasteiger partial charge in [0.2, 0.25) is 11.0 Å². The molecule has 1 N–H and O–H groups in total. The Morgan fingerprint density at radius 1 is 1.21 bits per heavy atom. The molecule has 0 aliphatic carbocycles. The summed E-state index contributed by atoms with van der Waals surface area (Å²) in [6.45, 7) is 1.96. The summed E-state index contributed by atoms with van der Waals surface area (Å²) in [5.41, 5.74) is 4.38. The predicted molar refractivity (Wildman–Crippen MR) is 108 cm³/mol. The highest BCUT2D eigenvalue weighted by atomic mass is 32.1. The molecule has 1 aliphatic heterocycles. The van der Waals surface area contributed by atoms with E-state index < -0.39 is 0 Å². The second-order valence-electron chi connectivity index (χ2n) is 6.76. The number of aromatic nitrogens is 3. The number of nitrogens with zero attached hydrogens (tertiary/aromatic N) is 4. The fourth-order valence-electron chi connectivity index (χ4n) is 3.71. The van der Waals surface area contributed by atoms with E-state index in [4.69, 9.17) is 10.4 Å². The van der Waals surface area contributed by atoms with E-state index in [0.29, 0.717) is 17.8 Å². The number of carbonyl (C=O) groups is 1. The number of para-hydroxylation sites is 1. The Kier molecular flexibility index (Phi) is 3.74. The maximum Gasteiger partial charge on any atom is 0.226 e. The number of hydrogen-bond donors (Lipinski definition) is 1. The third kappa shape index (κ3) is 2.58. The molecule has 5 rings (SSSR count). The van der Waals surface area contributed by atoms with E-state index in [1.807, 2.05) is 43.3 Å². The number of rotatable bonds is 2. The van der Waals surface area contributed by atoms with Gasteiger partial charge in [-0.25, -0.2) is 4.98 Å². The Morgan fingerprint density at radius 3 is 2.75 bits per heavy atom. The molecule has 7 heteroatoms. The number of hydrogen-bond acceptors (Lipinski definition) is 5. The number of fused-ring (bicyclic) bond motifs is 2. The normalized spacial score (nSPS) is 15.9. The molecular weight excluding hydrogens is 370 g/mol. The van der Waals surface area contributed by atoms with Crippen molar-refractivity contribution < 1.29 is 4.79 Å². The fraction of sp³-hybridized carbons (Fsp3) is 0.143. The smallest absolute Gasteiger partial charge is 0.226 e. The van der Waals surface area contributed by atoms with Crippen LogP contribution in [0.4, 0.5) is 5.82 Å². The lowest BCUT2D eigenvalue weighted by atomic mass is 9.85. The van der Waals surface area contributed by atoms with Crippen LogP contribution >= 0.6 is 11.3 Å². The molecular formula is C21H15N5OS. The lowest BCUT2D eigenvalue weighted by molar-refractivity contribution is -0.116. The molecule has 0 unspecified atom stereocenters. The SMILES string of the molecule is Cc1nn(-c2nc3ccccc3s2)c2c1[C@@H](c1ccc(C#N)cc1)CC(=O)N2. The molecule has 2 aromatic carbocycles. The molecule has 0 saturated heterocycles. The van der Waals surface area contributed by atoms with Gasteiger partial charge < -0.3 is 5.32 Å². The zero-order valence-corrected chi connectivity index (χ0v) is 15.8. The number of aryl methyl sites for hydroxylation is 1. The molecule has 1 amide bonds. The van der Waals surface area contributed by atoms with Gasteiger partial charge in [0.25, 0.3) is 0 Å². The number of carbonyl (C=O) groups excluding carboxylic acids is 1. The van der Waals surface area contributed by atoms with Crippen LogP contribution < -0.4 is 5.32 Å². The largest absolute Gasteiger partial charge is 0.310 e. The van der Waals surface area contributed by atoms with Gasteiger partial charge in [0.1, 0.15) is 5.82 Å². The minimum atomic E-state index is -0.0976. The molecule has 0 fully saturated rings. The lowest BCUT2D eigenvalue weighted by Crippen LogP contribution is -2.24. The van der Waals surface area contributed by atoms with Gasteiger partial charge in [-0.3, -0.25) is 4.79 Å². The van der Waals surface area contributed by atoms with Gasteiger partial charge in [-0.2, -0.15) is 15.0 Å². The van der Waals surface area contributed by atoms with Crippen LogP contribution in [0.1, 0.15) is 34.7 Å². The third-order valence-corrected chi connectivity index (χ3v) is 6.02. The summed E-state index contributed by atoms with van der Waals surface area (Å²) in [6, 6.07) is 17.5. The summed E-state index contributed by atoms with van der Waals surface area (Å²) >= 11 is 1.54. The van der Waals surface area contributed by atoms with Gasteiger partial charge in [-0.05, 0) is 36.8 Å². The van der Waals surface area contributed by atoms with Crippen molar-refractivity contribution in [1.29, 1.82) is 5.26 Å². The van der Waals surface area contributed by atoms with E-state index in [2.05, 4.69) is 16.4 Å². The molecule has 4 aromatic rings. The topological polar surface area (TPSA) is 83.6 Å². The molecule has 0 bridgehead atoms. The number of anilines is 1. The number of nitriles is 1. The summed E-state index contributed by atoms with van der Waals surface area (Å²) in [6.07, 6.45) is 0.352. The van der Waals surface area contributed by atoms with Gasteiger partial charge in [0.05, 0.1) is 27.5 Å². The van der Waals surface area contributed by atoms with Crippen LogP contribution in [-0.4, -0.2) is 20.7 Å². The summed E-state index contributed by atoms with van der Waals surface area (Å²) in [7, 11) is 0. The Labute approximate surface area is 165 Å². The van der Waals surface area contributed by atoms with E-state index in [-0.39, 0.29) is 11.8 Å². The van der Waals surface area contributed by atoms with Gasteiger partial charge in [0, 0.05) is 17.9 Å². The maximum atomic E-state index is 12.5. The van der Waals surface area contributed by atoms with Crippen molar-refractivity contribution in [3.63, 3.8) is 0 Å². The van der Waals surface area contributed by atoms with Crippen molar-refractivity contribution in [2.24, 2.45) is 0 Å². The average molecular weight is 385 g/mol. The first-order chi connectivity index (χ1) is 13.6. The Bertz CT molecular complexity index is 1230. The Morgan fingerprint density at radius 2 is 2.00 bits per heavy atom. The second kappa shape index (κ2) is 6.29. The van der Waals surface area contributed by atoms with Crippen molar-refractivity contribution in [2.75, 3.05) is 5.32 Å². The molecule has 6 nitrogen and oxygen atoms in total. The number of nitrogens with one attached hydrogen (secondary N) is 1. The molecule has 0 spiro atoms. The van der Waals surface area contributed by atoms with Crippen LogP contribution in [-0.2, 0) is 4.79 Å². The first-order valence-corrected chi connectivity index (χ1v) is 9.71. The van der Waals surface area contributed by atoms with Crippen molar-refractivity contribution in [3.05, 3.63) is 70.9 Å². The summed E-state index contributed by atoms with van der Waals surface area (Å²) in [4.78, 5) is 17.2. The monoisotopic (exact) mass is 385 g/mol. The third-order valence-electron chi connectivity index (χ3n) is 5.01. The molecule has 1 aliphatic rings. The highest BCUT2D eigenvalue weighted by Crippen LogP contribution is 2.41. The Balaban J connectivity index is 1.65. The van der Waals surface area contributed by atoms with Gasteiger partial charge in [0.15, 0.2) is 0 Å². The number of benzene rings is 2. The fourth-order valence-corrected chi connectivity index (χ4v) is 4.64. The highest BCUT2D eigenvalue weighted by Gasteiger charge is 2.33. The van der Waals surface area contributed by atoms with Crippen LogP contribution in [0.25, 0.3) is 15.3 Å². The van der Waals surface area contributed by atoms with Crippen molar-refractivity contribution in [2.45, 2.75) is 19.3 Å². The molecule has 3 heterocycles. The molecule has 0 saturated carbocycles. The van der Waals surface area contributed by atoms with Crippen LogP contribution in [0.5, 0.6) is 0 Å². The van der Waals surface area contributed by atoms with Crippen molar-refractivity contribution in [3.8, 4) is 11.2 Å². The maximum absolute atomic E-state index is 12.5. The van der Waals surface area contributed by atoms with Gasteiger partial charge in [-0.1, -0.05) is 35.6 Å². The minimum absolute atomic E-state index is 0.0517. The summed E-state index contributed by atoms with van der Waals surface area (Å²) in [5, 5.41) is 17.5.